The van der Waals surface area contributed by atoms with E-state index < -0.39 is 22.8 Å². The Morgan fingerprint density at radius 2 is 1.47 bits per heavy atom. The number of piperidine rings is 1. The van der Waals surface area contributed by atoms with Crippen LogP contribution in [0.4, 0.5) is 0 Å². The number of hydrogen-bond donors (Lipinski definition) is 1. The fraction of sp³-hybridized carbons (Fsp3) is 0.724. The summed E-state index contributed by atoms with van der Waals surface area (Å²) in [7, 11) is 4.74. The Morgan fingerprint density at radius 3 is 2.00 bits per heavy atom. The first-order chi connectivity index (χ1) is 17.3. The Balaban J connectivity index is 1.84. The van der Waals surface area contributed by atoms with Crippen LogP contribution in [-0.2, 0) is 9.59 Å². The lowest BCUT2D eigenvalue weighted by atomic mass is 9.63. The first-order valence-electron chi connectivity index (χ1n) is 13.7. The number of rotatable bonds is 8. The third-order valence-electron chi connectivity index (χ3n) is 9.39. The summed E-state index contributed by atoms with van der Waals surface area (Å²) in [6.45, 7) is 2.60. The van der Waals surface area contributed by atoms with Crippen molar-refractivity contribution in [1.82, 2.24) is 4.90 Å². The summed E-state index contributed by atoms with van der Waals surface area (Å²) in [5.74, 6) is 0.353. The number of carboxylic acids is 1. The van der Waals surface area contributed by atoms with Crippen LogP contribution in [0.25, 0.3) is 0 Å². The number of ether oxygens (including phenoxy) is 3. The van der Waals surface area contributed by atoms with Crippen LogP contribution < -0.4 is 14.2 Å². The monoisotopic (exact) mass is 501 g/mol. The number of carbonyl (C=O) groups excluding carboxylic acids is 1. The molecule has 0 spiro atoms. The summed E-state index contributed by atoms with van der Waals surface area (Å²) in [5, 5.41) is 10.8. The molecule has 7 heteroatoms. The number of methoxy groups -OCH3 is 3. The molecule has 3 fully saturated rings. The lowest BCUT2D eigenvalue weighted by Gasteiger charge is -2.54. The van der Waals surface area contributed by atoms with Gasteiger partial charge in [0, 0.05) is 12.0 Å². The number of likely N-dealkylation sites (tertiary alicyclic amines) is 1. The van der Waals surface area contributed by atoms with Crippen molar-refractivity contribution < 1.29 is 28.9 Å². The van der Waals surface area contributed by atoms with Crippen LogP contribution in [0.1, 0.15) is 95.5 Å². The first-order valence-corrected chi connectivity index (χ1v) is 13.7. The van der Waals surface area contributed by atoms with Crippen molar-refractivity contribution in [3.63, 3.8) is 0 Å². The third kappa shape index (κ3) is 4.43. The fourth-order valence-electron chi connectivity index (χ4n) is 7.48. The SMILES string of the molecule is COc1cc([C@@H](C(=O)N2CCCC[C@@]2(C(=O)O)C2(C)CCCC2)C2CCCCC2)cc(OC)c1OC. The number of nitrogens with zero attached hydrogens (tertiary/aromatic N) is 1. The molecule has 7 nitrogen and oxygen atoms in total. The van der Waals surface area contributed by atoms with Crippen LogP contribution in [0.15, 0.2) is 12.1 Å². The van der Waals surface area contributed by atoms with Crippen molar-refractivity contribution in [3.05, 3.63) is 17.7 Å². The number of hydrogen-bond acceptors (Lipinski definition) is 5. The molecule has 1 aromatic rings. The van der Waals surface area contributed by atoms with Gasteiger partial charge in [-0.25, -0.2) is 4.79 Å². The van der Waals surface area contributed by atoms with E-state index in [2.05, 4.69) is 6.92 Å². The summed E-state index contributed by atoms with van der Waals surface area (Å²) in [5.41, 5.74) is -0.754. The lowest BCUT2D eigenvalue weighted by Crippen LogP contribution is -2.67. The minimum Gasteiger partial charge on any atom is -0.493 e. The average Bonchev–Trinajstić information content (AvgIpc) is 3.36. The Kier molecular flexibility index (Phi) is 8.06. The molecule has 1 N–H and O–H groups in total. The van der Waals surface area contributed by atoms with Crippen LogP contribution >= 0.6 is 0 Å². The Morgan fingerprint density at radius 1 is 0.889 bits per heavy atom. The number of amides is 1. The van der Waals surface area contributed by atoms with Gasteiger partial charge in [-0.05, 0) is 68.6 Å². The van der Waals surface area contributed by atoms with E-state index in [-0.39, 0.29) is 11.8 Å². The van der Waals surface area contributed by atoms with E-state index in [9.17, 15) is 14.7 Å². The van der Waals surface area contributed by atoms with Crippen molar-refractivity contribution in [1.29, 1.82) is 0 Å². The Hall–Kier alpha value is -2.44. The smallest absolute Gasteiger partial charge is 0.330 e. The van der Waals surface area contributed by atoms with Crippen molar-refractivity contribution in [3.8, 4) is 17.2 Å². The second kappa shape index (κ2) is 10.9. The standard InChI is InChI=1S/C29H43NO6/c1-28(14-8-9-15-28)29(27(32)33)16-10-11-17-30(29)26(31)24(20-12-6-5-7-13-20)21-18-22(34-2)25(36-4)23(19-21)35-3/h18-20,24H,5-17H2,1-4H3,(H,32,33)/t24-,29+/m0/s1. The molecule has 1 amide bonds. The zero-order valence-electron chi connectivity index (χ0n) is 22.4. The van der Waals surface area contributed by atoms with E-state index in [0.717, 1.165) is 69.8 Å². The van der Waals surface area contributed by atoms with Crippen LogP contribution in [0.2, 0.25) is 0 Å². The number of aliphatic carboxylic acids is 1. The highest BCUT2D eigenvalue weighted by Gasteiger charge is 2.61. The quantitative estimate of drug-likeness (QED) is 0.485. The van der Waals surface area contributed by atoms with Crippen molar-refractivity contribution >= 4 is 11.9 Å². The molecule has 1 saturated heterocycles. The van der Waals surface area contributed by atoms with E-state index in [1.54, 1.807) is 26.2 Å². The summed E-state index contributed by atoms with van der Waals surface area (Å²) < 4.78 is 16.8. The van der Waals surface area contributed by atoms with Gasteiger partial charge in [-0.1, -0.05) is 39.0 Å². The predicted octanol–water partition coefficient (Wildman–Crippen LogP) is 5.79. The number of carbonyl (C=O) groups is 2. The second-order valence-electron chi connectivity index (χ2n) is 11.2. The normalized spacial score (nSPS) is 25.3. The van der Waals surface area contributed by atoms with Gasteiger partial charge in [0.05, 0.1) is 27.2 Å². The number of carboxylic acid groups (broad SMARTS) is 1. The van der Waals surface area contributed by atoms with Crippen LogP contribution in [0, 0.1) is 11.3 Å². The fourth-order valence-corrected chi connectivity index (χ4v) is 7.48. The molecule has 0 unspecified atom stereocenters. The van der Waals surface area contributed by atoms with Crippen molar-refractivity contribution in [2.45, 2.75) is 95.4 Å². The van der Waals surface area contributed by atoms with E-state index in [4.69, 9.17) is 14.2 Å². The zero-order chi connectivity index (χ0) is 25.9. The van der Waals surface area contributed by atoms with Gasteiger partial charge in [0.25, 0.3) is 0 Å². The van der Waals surface area contributed by atoms with Gasteiger partial charge in [0.2, 0.25) is 11.7 Å². The summed E-state index contributed by atoms with van der Waals surface area (Å²) in [6.07, 6.45) is 11.2. The maximum Gasteiger partial charge on any atom is 0.330 e. The third-order valence-corrected chi connectivity index (χ3v) is 9.39. The Labute approximate surface area is 215 Å². The summed E-state index contributed by atoms with van der Waals surface area (Å²) >= 11 is 0. The maximum absolute atomic E-state index is 14.7. The van der Waals surface area contributed by atoms with Gasteiger partial charge in [-0.15, -0.1) is 0 Å². The molecule has 200 valence electrons. The highest BCUT2D eigenvalue weighted by atomic mass is 16.5. The largest absolute Gasteiger partial charge is 0.493 e. The zero-order valence-corrected chi connectivity index (χ0v) is 22.4. The van der Waals surface area contributed by atoms with Crippen LogP contribution in [0.5, 0.6) is 17.2 Å². The van der Waals surface area contributed by atoms with Gasteiger partial charge >= 0.3 is 5.97 Å². The molecule has 1 aromatic carbocycles. The highest BCUT2D eigenvalue weighted by Crippen LogP contribution is 2.54. The lowest BCUT2D eigenvalue weighted by molar-refractivity contribution is -0.176. The molecule has 2 saturated carbocycles. The summed E-state index contributed by atoms with van der Waals surface area (Å²) in [6, 6.07) is 3.78. The maximum atomic E-state index is 14.7. The molecule has 0 radical (unpaired) electrons. The molecule has 2 atom stereocenters. The van der Waals surface area contributed by atoms with Crippen molar-refractivity contribution in [2.24, 2.45) is 11.3 Å². The topological polar surface area (TPSA) is 85.3 Å². The minimum atomic E-state index is -1.16. The van der Waals surface area contributed by atoms with Crippen LogP contribution in [0.3, 0.4) is 0 Å². The van der Waals surface area contributed by atoms with Gasteiger partial charge < -0.3 is 24.2 Å². The van der Waals surface area contributed by atoms with Crippen LogP contribution in [-0.4, -0.2) is 55.3 Å². The predicted molar refractivity (Wildman–Crippen MR) is 138 cm³/mol. The molecule has 1 aliphatic heterocycles. The van der Waals surface area contributed by atoms with E-state index in [1.807, 2.05) is 12.1 Å². The van der Waals surface area contributed by atoms with E-state index >= 15 is 0 Å². The second-order valence-corrected chi connectivity index (χ2v) is 11.2. The van der Waals surface area contributed by atoms with Gasteiger partial charge in [0.15, 0.2) is 11.5 Å². The number of benzene rings is 1. The Bertz CT molecular complexity index is 924. The molecule has 0 aromatic heterocycles. The van der Waals surface area contributed by atoms with Gasteiger partial charge in [0.1, 0.15) is 5.54 Å². The molecular weight excluding hydrogens is 458 g/mol. The highest BCUT2D eigenvalue weighted by molar-refractivity contribution is 5.92. The molecule has 36 heavy (non-hydrogen) atoms. The molecule has 4 rings (SSSR count). The van der Waals surface area contributed by atoms with Crippen molar-refractivity contribution in [2.75, 3.05) is 27.9 Å². The molecule has 2 aliphatic carbocycles. The van der Waals surface area contributed by atoms with E-state index in [1.165, 1.54) is 6.42 Å². The van der Waals surface area contributed by atoms with Gasteiger partial charge in [-0.3, -0.25) is 4.79 Å². The minimum absolute atomic E-state index is 0.0496. The molecular formula is C29H43NO6. The average molecular weight is 502 g/mol. The molecule has 0 bridgehead atoms. The van der Waals surface area contributed by atoms with Gasteiger partial charge in [-0.2, -0.15) is 0 Å². The summed E-state index contributed by atoms with van der Waals surface area (Å²) in [4.78, 5) is 29.7. The molecule has 3 aliphatic rings. The first kappa shape index (κ1) is 26.6. The van der Waals surface area contributed by atoms with E-state index in [0.29, 0.717) is 30.2 Å². The molecule has 1 heterocycles.